The molecule has 1 unspecified atom stereocenters. The Morgan fingerprint density at radius 2 is 1.81 bits per heavy atom. The summed E-state index contributed by atoms with van der Waals surface area (Å²) in [7, 11) is 1.70. The zero-order chi connectivity index (χ0) is 29.7. The minimum absolute atomic E-state index is 0.00952. The molecule has 2 aliphatic rings. The van der Waals surface area contributed by atoms with Crippen molar-refractivity contribution in [1.82, 2.24) is 29.5 Å². The van der Waals surface area contributed by atoms with E-state index in [4.69, 9.17) is 16.1 Å². The predicted octanol–water partition coefficient (Wildman–Crippen LogP) is 3.64. The van der Waals surface area contributed by atoms with Crippen LogP contribution in [-0.4, -0.2) is 73.7 Å². The number of piperazine rings is 1. The molecule has 0 bridgehead atoms. The summed E-state index contributed by atoms with van der Waals surface area (Å²) in [6.45, 7) is 15.4. The molecule has 2 saturated heterocycles. The number of benzene rings is 1. The quantitative estimate of drug-likeness (QED) is 0.335. The monoisotopic (exact) mass is 570 g/mol. The van der Waals surface area contributed by atoms with Crippen LogP contribution in [0.25, 0.3) is 15.9 Å². The molecule has 1 aromatic carbocycles. The first kappa shape index (κ1) is 27.5. The van der Waals surface area contributed by atoms with Gasteiger partial charge in [0.15, 0.2) is 5.82 Å². The number of nitrogens with zero attached hydrogens (tertiary/aromatic N) is 8. The van der Waals surface area contributed by atoms with Gasteiger partial charge in [0.1, 0.15) is 11.9 Å². The highest BCUT2D eigenvalue weighted by atomic mass is 19.1. The van der Waals surface area contributed by atoms with Crippen LogP contribution in [0.3, 0.4) is 0 Å². The lowest BCUT2D eigenvalue weighted by Gasteiger charge is -2.47. The van der Waals surface area contributed by atoms with Crippen LogP contribution in [0.1, 0.15) is 50.0 Å². The molecule has 3 atom stereocenters. The molecular formula is C30H31FN8O3. The van der Waals surface area contributed by atoms with Crippen LogP contribution in [0.15, 0.2) is 51.8 Å². The van der Waals surface area contributed by atoms with E-state index in [1.807, 2.05) is 0 Å². The number of rotatable bonds is 5. The summed E-state index contributed by atoms with van der Waals surface area (Å²) in [5.41, 5.74) is 2.62. The summed E-state index contributed by atoms with van der Waals surface area (Å²) >= 11 is 0. The Kier molecular flexibility index (Phi) is 6.98. The van der Waals surface area contributed by atoms with Gasteiger partial charge in [0.2, 0.25) is 17.3 Å². The van der Waals surface area contributed by atoms with Gasteiger partial charge >= 0.3 is 0 Å². The van der Waals surface area contributed by atoms with Crippen molar-refractivity contribution >= 4 is 28.4 Å². The molecule has 0 radical (unpaired) electrons. The third-order valence-electron chi connectivity index (χ3n) is 8.41. The number of aromatic nitrogens is 4. The lowest BCUT2D eigenvalue weighted by Crippen LogP contribution is -2.57. The normalized spacial score (nSPS) is 20.4. The Morgan fingerprint density at radius 3 is 2.50 bits per heavy atom. The first-order valence-electron chi connectivity index (χ1n) is 13.9. The van der Waals surface area contributed by atoms with Gasteiger partial charge in [0, 0.05) is 58.3 Å². The summed E-state index contributed by atoms with van der Waals surface area (Å²) in [6.07, 6.45) is 0. The topological polar surface area (TPSA) is 105 Å². The molecule has 6 rings (SSSR count). The molecule has 216 valence electrons. The third-order valence-corrected chi connectivity index (χ3v) is 8.41. The Morgan fingerprint density at radius 1 is 1.07 bits per heavy atom. The van der Waals surface area contributed by atoms with E-state index in [0.29, 0.717) is 54.6 Å². The second-order valence-electron chi connectivity index (χ2n) is 11.2. The Labute approximate surface area is 242 Å². The average Bonchev–Trinajstić information content (AvgIpc) is 3.41. The number of halogens is 1. The standard InChI is InChI=1S/C30H31FN8O3/c1-17-14-39(18(2)13-38(17)24-12-26(41)36(5)23-10-11-25(32-4)33-27(23)24)28(20-6-8-22(31)9-7-20)30-34-29(35-42-30)21-15-37(16-21)19(3)40/h6-12,17-18,21,28H,13-16H2,1-3,5H3/t17-,18+,28?/m0/s1. The minimum atomic E-state index is -0.428. The van der Waals surface area contributed by atoms with Crippen LogP contribution in [0.2, 0.25) is 0 Å². The van der Waals surface area contributed by atoms with Gasteiger partial charge in [-0.2, -0.15) is 4.98 Å². The molecule has 0 N–H and O–H groups in total. The van der Waals surface area contributed by atoms with Gasteiger partial charge in [-0.3, -0.25) is 14.5 Å². The zero-order valence-electron chi connectivity index (χ0n) is 23.9. The van der Waals surface area contributed by atoms with Gasteiger partial charge in [0.25, 0.3) is 11.4 Å². The SMILES string of the molecule is [C-]#[N+]c1ccc2c(n1)c(N1C[C@@H](C)N(C(c3ccc(F)cc3)c3nc(C4CN(C(C)=O)C4)no3)C[C@@H]1C)cc(=O)n2C. The molecular weight excluding hydrogens is 539 g/mol. The van der Waals surface area contributed by atoms with Gasteiger partial charge < -0.3 is 23.7 Å². The van der Waals surface area contributed by atoms with Crippen molar-refractivity contribution < 1.29 is 13.7 Å². The molecule has 2 fully saturated rings. The van der Waals surface area contributed by atoms with E-state index in [2.05, 4.69) is 38.6 Å². The molecule has 42 heavy (non-hydrogen) atoms. The maximum absolute atomic E-state index is 13.9. The fourth-order valence-electron chi connectivity index (χ4n) is 5.98. The lowest BCUT2D eigenvalue weighted by molar-refractivity contribution is -0.133. The summed E-state index contributed by atoms with van der Waals surface area (Å²) < 4.78 is 21.3. The number of aryl methyl sites for hydroxylation is 1. The van der Waals surface area contributed by atoms with Crippen molar-refractivity contribution in [2.75, 3.05) is 31.1 Å². The first-order valence-corrected chi connectivity index (χ1v) is 13.9. The van der Waals surface area contributed by atoms with Crippen LogP contribution in [-0.2, 0) is 11.8 Å². The number of likely N-dealkylation sites (tertiary alicyclic amines) is 1. The highest BCUT2D eigenvalue weighted by molar-refractivity contribution is 5.89. The number of carbonyl (C=O) groups excluding carboxylic acids is 1. The van der Waals surface area contributed by atoms with Gasteiger partial charge in [-0.05, 0) is 43.7 Å². The van der Waals surface area contributed by atoms with Gasteiger partial charge in [-0.15, -0.1) is 4.98 Å². The zero-order valence-corrected chi connectivity index (χ0v) is 23.9. The fraction of sp³-hybridized carbons (Fsp3) is 0.400. The number of carbonyl (C=O) groups is 1. The largest absolute Gasteiger partial charge is 0.362 e. The molecule has 0 saturated carbocycles. The van der Waals surface area contributed by atoms with Crippen LogP contribution >= 0.6 is 0 Å². The van der Waals surface area contributed by atoms with Crippen molar-refractivity contribution in [2.45, 2.75) is 44.8 Å². The van der Waals surface area contributed by atoms with Crippen LogP contribution in [0.5, 0.6) is 0 Å². The second kappa shape index (κ2) is 10.6. The Bertz CT molecular complexity index is 1760. The number of pyridine rings is 2. The van der Waals surface area contributed by atoms with Crippen molar-refractivity contribution in [3.05, 3.63) is 87.3 Å². The first-order chi connectivity index (χ1) is 20.1. The molecule has 12 heteroatoms. The van der Waals surface area contributed by atoms with E-state index in [9.17, 15) is 14.0 Å². The number of hydrogen-bond acceptors (Lipinski definition) is 8. The molecule has 5 heterocycles. The van der Waals surface area contributed by atoms with Gasteiger partial charge in [-0.25, -0.2) is 4.39 Å². The molecule has 2 aliphatic heterocycles. The number of anilines is 1. The summed E-state index contributed by atoms with van der Waals surface area (Å²) in [5.74, 6) is 0.926. The average molecular weight is 571 g/mol. The van der Waals surface area contributed by atoms with Crippen molar-refractivity contribution in [3.63, 3.8) is 0 Å². The summed E-state index contributed by atoms with van der Waals surface area (Å²) in [6, 6.07) is 10.8. The maximum Gasteiger partial charge on any atom is 0.270 e. The lowest BCUT2D eigenvalue weighted by atomic mass is 9.98. The van der Waals surface area contributed by atoms with Gasteiger partial charge in [-0.1, -0.05) is 23.9 Å². The number of fused-ring (bicyclic) bond motifs is 1. The fourth-order valence-corrected chi connectivity index (χ4v) is 5.98. The van der Waals surface area contributed by atoms with Crippen LogP contribution in [0, 0.1) is 12.4 Å². The maximum atomic E-state index is 13.9. The second-order valence-corrected chi connectivity index (χ2v) is 11.2. The van der Waals surface area contributed by atoms with Crippen LogP contribution < -0.4 is 10.5 Å². The smallest absolute Gasteiger partial charge is 0.270 e. The molecule has 0 spiro atoms. The molecule has 3 aromatic heterocycles. The summed E-state index contributed by atoms with van der Waals surface area (Å²) in [5, 5.41) is 4.26. The minimum Gasteiger partial charge on any atom is -0.362 e. The number of amides is 1. The Hall–Kier alpha value is -4.63. The molecule has 1 amide bonds. The number of hydrogen-bond donors (Lipinski definition) is 0. The third kappa shape index (κ3) is 4.79. The highest BCUT2D eigenvalue weighted by Crippen LogP contribution is 2.36. The van der Waals surface area contributed by atoms with E-state index < -0.39 is 6.04 Å². The van der Waals surface area contributed by atoms with E-state index in [1.165, 1.54) is 12.1 Å². The molecule has 4 aromatic rings. The highest BCUT2D eigenvalue weighted by Gasteiger charge is 2.40. The Balaban J connectivity index is 1.34. The molecule has 11 nitrogen and oxygen atoms in total. The van der Waals surface area contributed by atoms with Crippen molar-refractivity contribution in [2.24, 2.45) is 7.05 Å². The van der Waals surface area contributed by atoms with Crippen LogP contribution in [0.4, 0.5) is 15.9 Å². The van der Waals surface area contributed by atoms with Crippen molar-refractivity contribution in [3.8, 4) is 0 Å². The summed E-state index contributed by atoms with van der Waals surface area (Å²) in [4.78, 5) is 43.6. The van der Waals surface area contributed by atoms with E-state index in [-0.39, 0.29) is 41.1 Å². The van der Waals surface area contributed by atoms with E-state index >= 15 is 0 Å². The van der Waals surface area contributed by atoms with Gasteiger partial charge in [0.05, 0.1) is 17.1 Å². The van der Waals surface area contributed by atoms with Crippen molar-refractivity contribution in [1.29, 1.82) is 0 Å². The predicted molar refractivity (Wildman–Crippen MR) is 154 cm³/mol. The van der Waals surface area contributed by atoms with E-state index in [1.54, 1.807) is 53.8 Å². The van der Waals surface area contributed by atoms with E-state index in [0.717, 1.165) is 5.56 Å². The molecule has 0 aliphatic carbocycles.